The molecule has 1 rings (SSSR count). The lowest BCUT2D eigenvalue weighted by atomic mass is 10.3. The van der Waals surface area contributed by atoms with E-state index in [9.17, 15) is 12.6 Å². The molecule has 0 amide bonds. The zero-order chi connectivity index (χ0) is 13.1. The van der Waals surface area contributed by atoms with Crippen molar-refractivity contribution in [2.45, 2.75) is 18.9 Å². The molecule has 96 valence electrons. The van der Waals surface area contributed by atoms with Gasteiger partial charge in [0.1, 0.15) is 5.03 Å². The molecule has 5 nitrogen and oxygen atoms in total. The van der Waals surface area contributed by atoms with Gasteiger partial charge in [-0.05, 0) is 12.0 Å². The molecule has 0 spiro atoms. The third-order valence-corrected chi connectivity index (χ3v) is 3.79. The van der Waals surface area contributed by atoms with Crippen LogP contribution in [0.25, 0.3) is 0 Å². The minimum atomic E-state index is -3.60. The predicted molar refractivity (Wildman–Crippen MR) is 65.8 cm³/mol. The summed E-state index contributed by atoms with van der Waals surface area (Å²) in [5.74, 6) is 0.703. The number of hydrogen-bond donors (Lipinski definition) is 0. The number of pyridine rings is 1. The van der Waals surface area contributed by atoms with Gasteiger partial charge in [-0.3, -0.25) is 4.21 Å². The number of hydrogen-bond acceptors (Lipinski definition) is 5. The van der Waals surface area contributed by atoms with E-state index in [1.54, 1.807) is 12.1 Å². The molecule has 0 aliphatic heterocycles. The van der Waals surface area contributed by atoms with E-state index in [4.69, 9.17) is 0 Å². The van der Waals surface area contributed by atoms with Gasteiger partial charge in [-0.15, -0.1) is 0 Å². The molecule has 0 radical (unpaired) electrons. The van der Waals surface area contributed by atoms with Crippen LogP contribution in [0.3, 0.4) is 0 Å². The highest BCUT2D eigenvalue weighted by molar-refractivity contribution is 7.86. The van der Waals surface area contributed by atoms with Crippen molar-refractivity contribution in [3.05, 3.63) is 18.2 Å². The van der Waals surface area contributed by atoms with Gasteiger partial charge < -0.3 is 4.18 Å². The second-order valence-electron chi connectivity index (χ2n) is 4.01. The summed E-state index contributed by atoms with van der Waals surface area (Å²) < 4.78 is 38.3. The fourth-order valence-corrected chi connectivity index (χ4v) is 2.71. The van der Waals surface area contributed by atoms with E-state index in [2.05, 4.69) is 9.17 Å². The highest BCUT2D eigenvalue weighted by atomic mass is 32.2. The molecule has 7 heteroatoms. The van der Waals surface area contributed by atoms with Gasteiger partial charge in [0.15, 0.2) is 0 Å². The van der Waals surface area contributed by atoms with Crippen molar-refractivity contribution in [1.82, 2.24) is 4.98 Å². The Morgan fingerprint density at radius 1 is 1.41 bits per heavy atom. The van der Waals surface area contributed by atoms with Crippen LogP contribution in [-0.2, 0) is 20.9 Å². The summed E-state index contributed by atoms with van der Waals surface area (Å²) in [6.45, 7) is 3.91. The average Bonchev–Trinajstić information content (AvgIpc) is 2.14. The van der Waals surface area contributed by atoms with E-state index in [0.29, 0.717) is 10.8 Å². The molecule has 1 aromatic rings. The zero-order valence-electron chi connectivity index (χ0n) is 9.91. The van der Waals surface area contributed by atoms with Crippen LogP contribution in [-0.4, -0.2) is 29.6 Å². The van der Waals surface area contributed by atoms with E-state index in [-0.39, 0.29) is 11.8 Å². The molecule has 0 N–H and O–H groups in total. The third kappa shape index (κ3) is 5.27. The fraction of sp³-hybridized carbons (Fsp3) is 0.500. The van der Waals surface area contributed by atoms with Gasteiger partial charge >= 0.3 is 10.1 Å². The molecule has 0 aliphatic carbocycles. The molecule has 1 atom stereocenters. The summed E-state index contributed by atoms with van der Waals surface area (Å²) in [5.41, 5.74) is 0. The lowest BCUT2D eigenvalue weighted by Gasteiger charge is -2.06. The normalized spacial score (nSPS) is 13.6. The maximum Gasteiger partial charge on any atom is 0.307 e. The van der Waals surface area contributed by atoms with Crippen molar-refractivity contribution < 1.29 is 16.8 Å². The standard InChI is InChI=1S/C10H15NO4S2/c1-8(2)7-16(12)10-6-4-5-9(11-10)15-17(3,13)14/h4-6,8H,7H2,1-3H3. The number of aromatic nitrogens is 1. The minimum absolute atomic E-state index is 0.0536. The second-order valence-corrected chi connectivity index (χ2v) is 7.03. The Labute approximate surface area is 104 Å². The maximum atomic E-state index is 11.8. The van der Waals surface area contributed by atoms with E-state index in [1.807, 2.05) is 13.8 Å². The maximum absolute atomic E-state index is 11.8. The van der Waals surface area contributed by atoms with Crippen LogP contribution in [0.2, 0.25) is 0 Å². The molecule has 17 heavy (non-hydrogen) atoms. The first-order valence-electron chi connectivity index (χ1n) is 5.03. The Morgan fingerprint density at radius 2 is 2.06 bits per heavy atom. The predicted octanol–water partition coefficient (Wildman–Crippen LogP) is 1.18. The van der Waals surface area contributed by atoms with Gasteiger partial charge in [0.05, 0.1) is 17.1 Å². The fourth-order valence-electron chi connectivity index (χ4n) is 1.11. The van der Waals surface area contributed by atoms with Gasteiger partial charge in [0.25, 0.3) is 0 Å². The van der Waals surface area contributed by atoms with Gasteiger partial charge in [-0.2, -0.15) is 8.42 Å². The Hall–Kier alpha value is -0.950. The lowest BCUT2D eigenvalue weighted by molar-refractivity contribution is 0.479. The van der Waals surface area contributed by atoms with E-state index >= 15 is 0 Å². The van der Waals surface area contributed by atoms with Crippen LogP contribution in [0.4, 0.5) is 0 Å². The summed E-state index contributed by atoms with van der Waals surface area (Å²) in [6.07, 6.45) is 0.937. The van der Waals surface area contributed by atoms with Gasteiger partial charge in [-0.25, -0.2) is 4.98 Å². The summed E-state index contributed by atoms with van der Waals surface area (Å²) >= 11 is 0. The first-order chi connectivity index (χ1) is 7.78. The molecule has 0 fully saturated rings. The quantitative estimate of drug-likeness (QED) is 0.756. The smallest absolute Gasteiger partial charge is 0.307 e. The van der Waals surface area contributed by atoms with E-state index < -0.39 is 20.9 Å². The van der Waals surface area contributed by atoms with Gasteiger partial charge in [0, 0.05) is 11.8 Å². The molecular weight excluding hydrogens is 262 g/mol. The Morgan fingerprint density at radius 3 is 2.59 bits per heavy atom. The van der Waals surface area contributed by atoms with Crippen LogP contribution in [0.5, 0.6) is 5.88 Å². The molecular formula is C10H15NO4S2. The van der Waals surface area contributed by atoms with Gasteiger partial charge in [0.2, 0.25) is 5.88 Å². The monoisotopic (exact) mass is 277 g/mol. The van der Waals surface area contributed by atoms with Crippen LogP contribution in [0.1, 0.15) is 13.8 Å². The van der Waals surface area contributed by atoms with Crippen molar-refractivity contribution in [1.29, 1.82) is 0 Å². The Kier molecular flexibility index (Phi) is 4.64. The number of nitrogens with zero attached hydrogens (tertiary/aromatic N) is 1. The van der Waals surface area contributed by atoms with E-state index in [1.165, 1.54) is 6.07 Å². The minimum Gasteiger partial charge on any atom is -0.362 e. The molecule has 0 bridgehead atoms. The Bertz CT molecular complexity index is 511. The van der Waals surface area contributed by atoms with Gasteiger partial charge in [-0.1, -0.05) is 19.9 Å². The highest BCUT2D eigenvalue weighted by Crippen LogP contribution is 2.13. The lowest BCUT2D eigenvalue weighted by Crippen LogP contribution is -2.10. The topological polar surface area (TPSA) is 73.3 Å². The van der Waals surface area contributed by atoms with Crippen LogP contribution in [0.15, 0.2) is 23.2 Å². The van der Waals surface area contributed by atoms with Crippen LogP contribution < -0.4 is 4.18 Å². The first kappa shape index (κ1) is 14.1. The summed E-state index contributed by atoms with van der Waals surface area (Å²) in [6, 6.07) is 4.58. The molecule has 0 saturated heterocycles. The van der Waals surface area contributed by atoms with Crippen LogP contribution in [0, 0.1) is 5.92 Å². The number of rotatable bonds is 5. The second kappa shape index (κ2) is 5.59. The highest BCUT2D eigenvalue weighted by Gasteiger charge is 2.11. The van der Waals surface area contributed by atoms with Crippen LogP contribution >= 0.6 is 0 Å². The van der Waals surface area contributed by atoms with E-state index in [0.717, 1.165) is 6.26 Å². The molecule has 1 aromatic heterocycles. The van der Waals surface area contributed by atoms with Crippen molar-refractivity contribution in [2.24, 2.45) is 5.92 Å². The summed E-state index contributed by atoms with van der Waals surface area (Å²) in [5, 5.41) is 0.333. The first-order valence-corrected chi connectivity index (χ1v) is 8.16. The molecule has 0 aliphatic rings. The Balaban J connectivity index is 2.90. The molecule has 1 unspecified atom stereocenters. The average molecular weight is 277 g/mol. The van der Waals surface area contributed by atoms with Crippen molar-refractivity contribution in [3.8, 4) is 5.88 Å². The summed E-state index contributed by atoms with van der Waals surface area (Å²) in [4.78, 5) is 3.91. The zero-order valence-corrected chi connectivity index (χ0v) is 11.5. The largest absolute Gasteiger partial charge is 0.362 e. The SMILES string of the molecule is CC(C)CS(=O)c1cccc(OS(C)(=O)=O)n1. The third-order valence-electron chi connectivity index (χ3n) is 1.65. The van der Waals surface area contributed by atoms with Crippen molar-refractivity contribution in [3.63, 3.8) is 0 Å². The molecule has 0 saturated carbocycles. The summed E-state index contributed by atoms with van der Waals surface area (Å²) in [7, 11) is -4.84. The molecule has 0 aromatic carbocycles. The van der Waals surface area contributed by atoms with Crippen molar-refractivity contribution >= 4 is 20.9 Å². The molecule has 1 heterocycles. The van der Waals surface area contributed by atoms with Crippen molar-refractivity contribution in [2.75, 3.05) is 12.0 Å².